The average molecular weight is 234 g/mol. The maximum Gasteiger partial charge on any atom is 0.307 e. The number of carbonyl (C=O) groups excluding carboxylic acids is 1. The lowest BCUT2D eigenvalue weighted by molar-refractivity contribution is -0.138. The second-order valence-electron chi connectivity index (χ2n) is 5.82. The monoisotopic (exact) mass is 234 g/mol. The van der Waals surface area contributed by atoms with E-state index in [-0.39, 0.29) is 11.4 Å². The number of ether oxygens (including phenoxy) is 1. The van der Waals surface area contributed by atoms with Crippen LogP contribution in [-0.2, 0) is 9.53 Å². The molecule has 0 amide bonds. The van der Waals surface area contributed by atoms with Gasteiger partial charge in [-0.3, -0.25) is 4.79 Å². The molecule has 0 N–H and O–H groups in total. The third-order valence-electron chi connectivity index (χ3n) is 3.81. The summed E-state index contributed by atoms with van der Waals surface area (Å²) in [6.45, 7) is 5.84. The lowest BCUT2D eigenvalue weighted by atomic mass is 9.80. The predicted molar refractivity (Wildman–Crippen MR) is 68.4 cm³/mol. The molecule has 0 radical (unpaired) electrons. The van der Waals surface area contributed by atoms with Crippen LogP contribution in [0.4, 0.5) is 0 Å². The maximum absolute atomic E-state index is 11.2. The van der Waals surface area contributed by atoms with Crippen molar-refractivity contribution in [1.82, 2.24) is 0 Å². The fourth-order valence-electron chi connectivity index (χ4n) is 2.99. The topological polar surface area (TPSA) is 26.3 Å². The minimum Gasteiger partial charge on any atom is -0.431 e. The largest absolute Gasteiger partial charge is 0.431 e. The minimum absolute atomic E-state index is 0.0446. The third-order valence-corrected chi connectivity index (χ3v) is 3.81. The molecule has 2 rings (SSSR count). The Bertz CT molecular complexity index is 386. The van der Waals surface area contributed by atoms with Gasteiger partial charge in [-0.2, -0.15) is 0 Å². The van der Waals surface area contributed by atoms with Crippen LogP contribution in [0, 0.1) is 5.41 Å². The van der Waals surface area contributed by atoms with E-state index in [1.165, 1.54) is 26.2 Å². The first kappa shape index (κ1) is 12.4. The van der Waals surface area contributed by atoms with Gasteiger partial charge in [0, 0.05) is 12.3 Å². The van der Waals surface area contributed by atoms with E-state index in [2.05, 4.69) is 19.9 Å². The Balaban J connectivity index is 2.21. The van der Waals surface area contributed by atoms with Crippen LogP contribution < -0.4 is 0 Å². The van der Waals surface area contributed by atoms with Gasteiger partial charge in [0.2, 0.25) is 0 Å². The molecule has 0 atom stereocenters. The number of carbonyl (C=O) groups is 1. The zero-order chi connectivity index (χ0) is 12.5. The number of allylic oxidation sites excluding steroid dienone is 4. The summed E-state index contributed by atoms with van der Waals surface area (Å²) in [5.74, 6) is 0.661. The van der Waals surface area contributed by atoms with Gasteiger partial charge in [-0.25, -0.2) is 0 Å². The van der Waals surface area contributed by atoms with Gasteiger partial charge in [-0.05, 0) is 44.6 Å². The summed E-state index contributed by atoms with van der Waals surface area (Å²) >= 11 is 0. The lowest BCUT2D eigenvalue weighted by Crippen LogP contribution is -2.21. The van der Waals surface area contributed by atoms with E-state index in [1.807, 2.05) is 0 Å². The van der Waals surface area contributed by atoms with Gasteiger partial charge in [0.25, 0.3) is 0 Å². The highest BCUT2D eigenvalue weighted by atomic mass is 16.5. The maximum atomic E-state index is 11.2. The van der Waals surface area contributed by atoms with Crippen LogP contribution in [0.25, 0.3) is 0 Å². The van der Waals surface area contributed by atoms with Gasteiger partial charge < -0.3 is 4.74 Å². The van der Waals surface area contributed by atoms with Gasteiger partial charge in [0.15, 0.2) is 0 Å². The fraction of sp³-hybridized carbons (Fsp3) is 0.667. The Hall–Kier alpha value is -1.05. The number of hydrogen-bond acceptors (Lipinski definition) is 2. The summed E-state index contributed by atoms with van der Waals surface area (Å²) in [6.07, 6.45) is 9.14. The van der Waals surface area contributed by atoms with E-state index < -0.39 is 0 Å². The lowest BCUT2D eigenvalue weighted by Gasteiger charge is -2.29. The summed E-state index contributed by atoms with van der Waals surface area (Å²) in [6, 6.07) is 0. The van der Waals surface area contributed by atoms with Crippen molar-refractivity contribution in [1.29, 1.82) is 0 Å². The number of hydrogen-bond donors (Lipinski definition) is 0. The molecule has 17 heavy (non-hydrogen) atoms. The van der Waals surface area contributed by atoms with Crippen LogP contribution >= 0.6 is 0 Å². The predicted octanol–water partition coefficient (Wildman–Crippen LogP) is 4.12. The zero-order valence-corrected chi connectivity index (χ0v) is 11.1. The second kappa shape index (κ2) is 4.67. The van der Waals surface area contributed by atoms with E-state index >= 15 is 0 Å². The Labute approximate surface area is 104 Å². The summed E-state index contributed by atoms with van der Waals surface area (Å²) in [5, 5.41) is 0. The molecule has 0 fully saturated rings. The smallest absolute Gasteiger partial charge is 0.307 e. The average Bonchev–Trinajstić information content (AvgIpc) is 2.61. The quantitative estimate of drug-likeness (QED) is 0.504. The Morgan fingerprint density at radius 3 is 2.65 bits per heavy atom. The first-order valence-electron chi connectivity index (χ1n) is 6.58. The summed E-state index contributed by atoms with van der Waals surface area (Å²) in [7, 11) is 0. The zero-order valence-electron chi connectivity index (χ0n) is 11.1. The normalized spacial score (nSPS) is 26.6. The molecular formula is C15H22O2. The van der Waals surface area contributed by atoms with Crippen molar-refractivity contribution in [3.63, 3.8) is 0 Å². The summed E-state index contributed by atoms with van der Waals surface area (Å²) in [4.78, 5) is 11.2. The second-order valence-corrected chi connectivity index (χ2v) is 5.82. The summed E-state index contributed by atoms with van der Waals surface area (Å²) in [5.41, 5.74) is 3.24. The van der Waals surface area contributed by atoms with E-state index in [0.29, 0.717) is 0 Å². The first-order chi connectivity index (χ1) is 7.99. The molecule has 0 saturated heterocycles. The molecular weight excluding hydrogens is 212 g/mol. The molecule has 0 heterocycles. The van der Waals surface area contributed by atoms with Crippen LogP contribution in [-0.4, -0.2) is 5.97 Å². The van der Waals surface area contributed by atoms with Crippen molar-refractivity contribution in [2.45, 2.75) is 59.3 Å². The number of rotatable bonds is 1. The van der Waals surface area contributed by atoms with Crippen molar-refractivity contribution in [3.05, 3.63) is 23.0 Å². The molecule has 2 aliphatic carbocycles. The molecule has 0 aromatic rings. The van der Waals surface area contributed by atoms with E-state index in [9.17, 15) is 4.79 Å². The Morgan fingerprint density at radius 1 is 1.24 bits per heavy atom. The van der Waals surface area contributed by atoms with Crippen molar-refractivity contribution < 1.29 is 9.53 Å². The molecule has 0 bridgehead atoms. The Morgan fingerprint density at radius 2 is 1.94 bits per heavy atom. The number of esters is 1. The van der Waals surface area contributed by atoms with Gasteiger partial charge in [0.05, 0.1) is 0 Å². The van der Waals surface area contributed by atoms with Crippen LogP contribution in [0.15, 0.2) is 23.0 Å². The molecule has 94 valence electrons. The molecule has 0 spiro atoms. The van der Waals surface area contributed by atoms with E-state index in [1.54, 1.807) is 11.1 Å². The third kappa shape index (κ3) is 2.80. The fourth-order valence-corrected chi connectivity index (χ4v) is 2.99. The van der Waals surface area contributed by atoms with Crippen molar-refractivity contribution in [3.8, 4) is 0 Å². The molecule has 2 heteroatoms. The Kier molecular flexibility index (Phi) is 3.41. The van der Waals surface area contributed by atoms with Gasteiger partial charge in [0.1, 0.15) is 5.76 Å². The van der Waals surface area contributed by atoms with Crippen molar-refractivity contribution in [2.75, 3.05) is 0 Å². The van der Waals surface area contributed by atoms with Gasteiger partial charge in [-0.1, -0.05) is 25.0 Å². The molecule has 2 aliphatic rings. The highest BCUT2D eigenvalue weighted by Gasteiger charge is 2.31. The van der Waals surface area contributed by atoms with Gasteiger partial charge >= 0.3 is 5.97 Å². The standard InChI is InChI=1S/C15H22O2/c1-11(16)17-14-9-5-7-12-6-4-8-13(12)10-15(14,2)3/h9H,4-8,10H2,1-3H3/b14-9+. The van der Waals surface area contributed by atoms with Crippen molar-refractivity contribution in [2.24, 2.45) is 5.41 Å². The van der Waals surface area contributed by atoms with E-state index in [0.717, 1.165) is 25.0 Å². The molecule has 0 aromatic carbocycles. The molecule has 0 aliphatic heterocycles. The highest BCUT2D eigenvalue weighted by molar-refractivity contribution is 5.67. The van der Waals surface area contributed by atoms with Crippen molar-refractivity contribution >= 4 is 5.97 Å². The minimum atomic E-state index is -0.203. The van der Waals surface area contributed by atoms with Crippen LogP contribution in [0.2, 0.25) is 0 Å². The molecule has 0 aromatic heterocycles. The molecule has 2 nitrogen and oxygen atoms in total. The van der Waals surface area contributed by atoms with E-state index in [4.69, 9.17) is 4.74 Å². The van der Waals surface area contributed by atoms with Gasteiger partial charge in [-0.15, -0.1) is 0 Å². The summed E-state index contributed by atoms with van der Waals surface area (Å²) < 4.78 is 5.39. The van der Waals surface area contributed by atoms with Crippen LogP contribution in [0.1, 0.15) is 59.3 Å². The van der Waals surface area contributed by atoms with Crippen LogP contribution in [0.5, 0.6) is 0 Å². The molecule has 0 saturated carbocycles. The molecule has 0 unspecified atom stereocenters. The highest BCUT2D eigenvalue weighted by Crippen LogP contribution is 2.43. The first-order valence-corrected chi connectivity index (χ1v) is 6.58. The SMILES string of the molecule is CC(=O)O/C1=C/CCC2=C(CCC2)CC1(C)C. The van der Waals surface area contributed by atoms with Crippen LogP contribution in [0.3, 0.4) is 0 Å².